The quantitative estimate of drug-likeness (QED) is 0.296. The molecule has 0 bridgehead atoms. The van der Waals surface area contributed by atoms with Crippen LogP contribution in [0, 0.1) is 0 Å². The molecule has 1 aromatic carbocycles. The van der Waals surface area contributed by atoms with E-state index < -0.39 is 0 Å². The van der Waals surface area contributed by atoms with Crippen LogP contribution in [0.4, 0.5) is 0 Å². The van der Waals surface area contributed by atoms with Crippen molar-refractivity contribution in [3.8, 4) is 5.75 Å². The number of benzene rings is 1. The van der Waals surface area contributed by atoms with Crippen molar-refractivity contribution in [1.29, 1.82) is 0 Å². The Labute approximate surface area is 135 Å². The number of rotatable bonds is 12. The minimum Gasteiger partial charge on any atom is -0.491 e. The van der Waals surface area contributed by atoms with Gasteiger partial charge < -0.3 is 9.47 Å². The zero-order valence-corrected chi connectivity index (χ0v) is 13.9. The summed E-state index contributed by atoms with van der Waals surface area (Å²) in [6.45, 7) is 3.78. The summed E-state index contributed by atoms with van der Waals surface area (Å²) < 4.78 is 10.8. The number of unbranched alkanes of at least 4 members (excludes halogenated alkanes) is 5. The fourth-order valence-electron chi connectivity index (χ4n) is 2.43. The van der Waals surface area contributed by atoms with E-state index in [0.717, 1.165) is 12.4 Å². The van der Waals surface area contributed by atoms with E-state index in [1.54, 1.807) is 0 Å². The summed E-state index contributed by atoms with van der Waals surface area (Å²) in [7, 11) is 0. The van der Waals surface area contributed by atoms with Gasteiger partial charge in [0.1, 0.15) is 18.5 Å². The van der Waals surface area contributed by atoms with Crippen LogP contribution in [0.15, 0.2) is 36.4 Å². The normalized spacial score (nSPS) is 17.0. The highest BCUT2D eigenvalue weighted by atomic mass is 16.6. The molecule has 0 spiro atoms. The zero-order chi connectivity index (χ0) is 15.5. The molecule has 0 radical (unpaired) electrons. The minimum absolute atomic E-state index is 0.329. The van der Waals surface area contributed by atoms with Crippen LogP contribution in [0.5, 0.6) is 5.75 Å². The summed E-state index contributed by atoms with van der Waals surface area (Å²) >= 11 is 0. The van der Waals surface area contributed by atoms with Crippen molar-refractivity contribution in [2.45, 2.75) is 64.4 Å². The predicted molar refractivity (Wildman–Crippen MR) is 92.5 cm³/mol. The molecule has 1 aliphatic heterocycles. The fourth-order valence-corrected chi connectivity index (χ4v) is 2.43. The molecule has 0 aliphatic carbocycles. The maximum absolute atomic E-state index is 5.65. The van der Waals surface area contributed by atoms with Crippen LogP contribution < -0.4 is 4.74 Å². The monoisotopic (exact) mass is 302 g/mol. The number of aryl methyl sites for hydroxylation is 1. The third-order valence-electron chi connectivity index (χ3n) is 3.99. The molecule has 1 saturated heterocycles. The van der Waals surface area contributed by atoms with Crippen molar-refractivity contribution >= 4 is 0 Å². The summed E-state index contributed by atoms with van der Waals surface area (Å²) in [4.78, 5) is 0. The first-order valence-corrected chi connectivity index (χ1v) is 8.87. The first-order valence-electron chi connectivity index (χ1n) is 8.87. The van der Waals surface area contributed by atoms with Gasteiger partial charge in [0.25, 0.3) is 0 Å². The number of hydrogen-bond donors (Lipinski definition) is 0. The lowest BCUT2D eigenvalue weighted by molar-refractivity contribution is 0.263. The molecule has 1 atom stereocenters. The van der Waals surface area contributed by atoms with Gasteiger partial charge in [-0.2, -0.15) is 0 Å². The van der Waals surface area contributed by atoms with Crippen LogP contribution in [-0.2, 0) is 11.2 Å². The molecule has 122 valence electrons. The van der Waals surface area contributed by atoms with Gasteiger partial charge in [-0.1, -0.05) is 50.5 Å². The second-order valence-electron chi connectivity index (χ2n) is 6.12. The molecule has 0 saturated carbocycles. The Morgan fingerprint density at radius 2 is 1.77 bits per heavy atom. The second kappa shape index (κ2) is 10.4. The van der Waals surface area contributed by atoms with Crippen LogP contribution in [0.25, 0.3) is 0 Å². The van der Waals surface area contributed by atoms with E-state index in [2.05, 4.69) is 43.3 Å². The van der Waals surface area contributed by atoms with Crippen LogP contribution >= 0.6 is 0 Å². The zero-order valence-electron chi connectivity index (χ0n) is 13.9. The first kappa shape index (κ1) is 17.1. The summed E-state index contributed by atoms with van der Waals surface area (Å²) in [5, 5.41) is 0. The Hall–Kier alpha value is -1.28. The summed E-state index contributed by atoms with van der Waals surface area (Å²) in [6.07, 6.45) is 15.2. The van der Waals surface area contributed by atoms with E-state index in [0.29, 0.717) is 12.7 Å². The van der Waals surface area contributed by atoms with Crippen LogP contribution in [0.2, 0.25) is 0 Å². The molecule has 1 fully saturated rings. The molecule has 1 aliphatic rings. The van der Waals surface area contributed by atoms with E-state index in [1.165, 1.54) is 56.9 Å². The van der Waals surface area contributed by atoms with E-state index in [-0.39, 0.29) is 0 Å². The van der Waals surface area contributed by atoms with E-state index in [4.69, 9.17) is 9.47 Å². The molecule has 1 heterocycles. The van der Waals surface area contributed by atoms with Crippen LogP contribution in [0.1, 0.15) is 57.4 Å². The molecule has 0 amide bonds. The first-order chi connectivity index (χ1) is 10.9. The topological polar surface area (TPSA) is 21.8 Å². The standard InChI is InChI=1S/C20H30O2/c1-2-3-4-5-6-7-8-9-10-11-18-12-14-19(15-13-18)21-16-20-17-22-20/h5-6,12-15,20H,2-4,7-11,16-17H2,1H3/b6-5+. The number of allylic oxidation sites excluding steroid dienone is 2. The molecule has 1 unspecified atom stereocenters. The highest BCUT2D eigenvalue weighted by molar-refractivity contribution is 5.27. The van der Waals surface area contributed by atoms with Gasteiger partial charge in [0, 0.05) is 0 Å². The van der Waals surface area contributed by atoms with Gasteiger partial charge >= 0.3 is 0 Å². The number of ether oxygens (including phenoxy) is 2. The molecule has 0 N–H and O–H groups in total. The highest BCUT2D eigenvalue weighted by Gasteiger charge is 2.22. The Kier molecular flexibility index (Phi) is 8.11. The average Bonchev–Trinajstić information content (AvgIpc) is 3.37. The molecule has 22 heavy (non-hydrogen) atoms. The summed E-state index contributed by atoms with van der Waals surface area (Å²) in [5.41, 5.74) is 1.41. The second-order valence-corrected chi connectivity index (χ2v) is 6.12. The van der Waals surface area contributed by atoms with E-state index >= 15 is 0 Å². The smallest absolute Gasteiger partial charge is 0.119 e. The maximum atomic E-state index is 5.65. The fraction of sp³-hybridized carbons (Fsp3) is 0.600. The SMILES string of the molecule is CCCC/C=C/CCCCCc1ccc(OCC2CO2)cc1. The van der Waals surface area contributed by atoms with E-state index in [9.17, 15) is 0 Å². The summed E-state index contributed by atoms with van der Waals surface area (Å²) in [5.74, 6) is 0.955. The maximum Gasteiger partial charge on any atom is 0.119 e. The molecule has 2 heteroatoms. The summed E-state index contributed by atoms with van der Waals surface area (Å²) in [6, 6.07) is 8.53. The Bertz CT molecular complexity index is 418. The molecular weight excluding hydrogens is 272 g/mol. The highest BCUT2D eigenvalue weighted by Crippen LogP contribution is 2.17. The van der Waals surface area contributed by atoms with Gasteiger partial charge in [0.05, 0.1) is 6.61 Å². The molecule has 2 nitrogen and oxygen atoms in total. The molecular formula is C20H30O2. The Morgan fingerprint density at radius 1 is 1.05 bits per heavy atom. The van der Waals surface area contributed by atoms with E-state index in [1.807, 2.05) is 0 Å². The van der Waals surface area contributed by atoms with Gasteiger partial charge in [-0.05, 0) is 49.8 Å². The van der Waals surface area contributed by atoms with Crippen molar-refractivity contribution in [2.24, 2.45) is 0 Å². The van der Waals surface area contributed by atoms with Crippen LogP contribution in [-0.4, -0.2) is 19.3 Å². The molecule has 0 aromatic heterocycles. The number of hydrogen-bond acceptors (Lipinski definition) is 2. The number of epoxide rings is 1. The van der Waals surface area contributed by atoms with Gasteiger partial charge in [-0.25, -0.2) is 0 Å². The van der Waals surface area contributed by atoms with Gasteiger partial charge in [-0.15, -0.1) is 0 Å². The molecule has 1 aromatic rings. The Morgan fingerprint density at radius 3 is 2.45 bits per heavy atom. The lowest BCUT2D eigenvalue weighted by atomic mass is 10.1. The van der Waals surface area contributed by atoms with Crippen molar-refractivity contribution in [3.63, 3.8) is 0 Å². The lowest BCUT2D eigenvalue weighted by Gasteiger charge is -2.06. The third-order valence-corrected chi connectivity index (χ3v) is 3.99. The molecule has 2 rings (SSSR count). The lowest BCUT2D eigenvalue weighted by Crippen LogP contribution is -2.03. The van der Waals surface area contributed by atoms with Crippen molar-refractivity contribution in [2.75, 3.05) is 13.2 Å². The van der Waals surface area contributed by atoms with Crippen molar-refractivity contribution < 1.29 is 9.47 Å². The van der Waals surface area contributed by atoms with Gasteiger partial charge in [-0.3, -0.25) is 0 Å². The van der Waals surface area contributed by atoms with Crippen molar-refractivity contribution in [1.82, 2.24) is 0 Å². The Balaban J connectivity index is 1.50. The predicted octanol–water partition coefficient (Wildman–Crippen LogP) is 5.31. The van der Waals surface area contributed by atoms with Gasteiger partial charge in [0.2, 0.25) is 0 Å². The average molecular weight is 302 g/mol. The van der Waals surface area contributed by atoms with Crippen molar-refractivity contribution in [3.05, 3.63) is 42.0 Å². The largest absolute Gasteiger partial charge is 0.491 e. The van der Waals surface area contributed by atoms with Gasteiger partial charge in [0.15, 0.2) is 0 Å². The minimum atomic E-state index is 0.329. The van der Waals surface area contributed by atoms with Crippen LogP contribution in [0.3, 0.4) is 0 Å². The third kappa shape index (κ3) is 7.65.